The van der Waals surface area contributed by atoms with Crippen LogP contribution in [0.3, 0.4) is 0 Å². The van der Waals surface area contributed by atoms with Crippen LogP contribution in [0.15, 0.2) is 96.4 Å². The van der Waals surface area contributed by atoms with Gasteiger partial charge in [0.25, 0.3) is 5.56 Å². The number of pyridine rings is 1. The number of carbonyl (C=O) groups is 1. The number of halogens is 2. The quantitative estimate of drug-likeness (QED) is 0.311. The number of carbonyl (C=O) groups excluding carboxylic acids is 1. The number of nitrogens with one attached hydrogen (secondary N) is 1. The molecule has 9 nitrogen and oxygen atoms in total. The van der Waals surface area contributed by atoms with Gasteiger partial charge in [-0.3, -0.25) is 19.1 Å². The lowest BCUT2D eigenvalue weighted by atomic mass is 10.0. The van der Waals surface area contributed by atoms with Crippen molar-refractivity contribution in [1.29, 1.82) is 0 Å². The van der Waals surface area contributed by atoms with Crippen LogP contribution in [0.2, 0.25) is 10.2 Å². The van der Waals surface area contributed by atoms with E-state index in [1.54, 1.807) is 36.8 Å². The number of rotatable bonds is 8. The molecule has 0 spiro atoms. The van der Waals surface area contributed by atoms with Gasteiger partial charge >= 0.3 is 0 Å². The average Bonchev–Trinajstić information content (AvgIpc) is 3.37. The normalized spacial score (nSPS) is 11.7. The van der Waals surface area contributed by atoms with Crippen LogP contribution in [-0.4, -0.2) is 35.4 Å². The second kappa shape index (κ2) is 11.4. The Labute approximate surface area is 227 Å². The van der Waals surface area contributed by atoms with E-state index in [-0.39, 0.29) is 11.1 Å². The van der Waals surface area contributed by atoms with Gasteiger partial charge in [-0.25, -0.2) is 9.67 Å². The molecular formula is C27H21Cl2N7O2. The molecule has 1 N–H and O–H groups in total. The molecule has 1 atom stereocenters. The van der Waals surface area contributed by atoms with Crippen molar-refractivity contribution in [3.8, 4) is 16.9 Å². The first-order valence-electron chi connectivity index (χ1n) is 11.6. The van der Waals surface area contributed by atoms with Gasteiger partial charge in [0, 0.05) is 42.0 Å². The van der Waals surface area contributed by atoms with Crippen LogP contribution in [-0.2, 0) is 17.8 Å². The average molecular weight is 546 g/mol. The predicted octanol–water partition coefficient (Wildman–Crippen LogP) is 4.29. The molecule has 0 aliphatic rings. The lowest BCUT2D eigenvalue weighted by Gasteiger charge is -2.20. The van der Waals surface area contributed by atoms with Crippen molar-refractivity contribution in [2.45, 2.75) is 19.0 Å². The van der Waals surface area contributed by atoms with Crippen molar-refractivity contribution in [1.82, 2.24) is 34.8 Å². The molecule has 5 aromatic rings. The van der Waals surface area contributed by atoms with Crippen molar-refractivity contribution in [3.05, 3.63) is 123 Å². The molecule has 1 amide bonds. The largest absolute Gasteiger partial charge is 0.350 e. The summed E-state index contributed by atoms with van der Waals surface area (Å²) in [7, 11) is 0. The number of benzene rings is 2. The van der Waals surface area contributed by atoms with E-state index in [1.165, 1.54) is 21.6 Å². The molecule has 38 heavy (non-hydrogen) atoms. The van der Waals surface area contributed by atoms with Gasteiger partial charge in [-0.2, -0.15) is 0 Å². The minimum Gasteiger partial charge on any atom is -0.350 e. The van der Waals surface area contributed by atoms with E-state index >= 15 is 0 Å². The summed E-state index contributed by atoms with van der Waals surface area (Å²) in [4.78, 5) is 35.3. The molecule has 2 aromatic carbocycles. The van der Waals surface area contributed by atoms with Crippen LogP contribution < -0.4 is 10.9 Å². The summed E-state index contributed by atoms with van der Waals surface area (Å²) in [5.41, 5.74) is 2.94. The van der Waals surface area contributed by atoms with Gasteiger partial charge in [-0.15, -0.1) is 5.10 Å². The maximum atomic E-state index is 13.4. The fourth-order valence-electron chi connectivity index (χ4n) is 4.03. The fourth-order valence-corrected chi connectivity index (χ4v) is 4.33. The summed E-state index contributed by atoms with van der Waals surface area (Å²) < 4.78 is 2.82. The minimum absolute atomic E-state index is 0.218. The molecule has 0 unspecified atom stereocenters. The third-order valence-corrected chi connectivity index (χ3v) is 6.32. The third kappa shape index (κ3) is 5.80. The summed E-state index contributed by atoms with van der Waals surface area (Å²) >= 11 is 12.2. The molecule has 0 saturated carbocycles. The van der Waals surface area contributed by atoms with Crippen molar-refractivity contribution >= 4 is 29.1 Å². The van der Waals surface area contributed by atoms with E-state index in [9.17, 15) is 9.59 Å². The zero-order valence-electron chi connectivity index (χ0n) is 19.9. The third-order valence-electron chi connectivity index (χ3n) is 5.91. The Balaban J connectivity index is 1.49. The summed E-state index contributed by atoms with van der Waals surface area (Å²) in [5, 5.41) is 11.4. The fraction of sp³-hybridized carbons (Fsp3) is 0.111. The SMILES string of the molecule is O=C(NCc1ccncc1)[C@H](Cc1ccccc1)n1cnc(-c2cc(Cl)ccc2-n2cc(Cl)nn2)cc1=O. The van der Waals surface area contributed by atoms with Crippen molar-refractivity contribution in [2.24, 2.45) is 0 Å². The highest BCUT2D eigenvalue weighted by Crippen LogP contribution is 2.28. The number of aromatic nitrogens is 6. The number of hydrogen-bond acceptors (Lipinski definition) is 6. The second-order valence-corrected chi connectivity index (χ2v) is 9.27. The van der Waals surface area contributed by atoms with Crippen LogP contribution in [0, 0.1) is 0 Å². The topological polar surface area (TPSA) is 108 Å². The standard InChI is InChI=1S/C27H21Cl2N7O2/c28-20-6-7-23(36-16-25(29)33-34-36)21(13-20)22-14-26(37)35(17-32-22)24(12-18-4-2-1-3-5-18)27(38)31-15-19-8-10-30-11-9-19/h1-11,13-14,16-17,24H,12,15H2,(H,31,38)/t24-/m0/s1. The molecule has 0 fully saturated rings. The maximum Gasteiger partial charge on any atom is 0.254 e. The Morgan fingerprint density at radius 2 is 1.76 bits per heavy atom. The molecule has 0 aliphatic carbocycles. The number of hydrogen-bond donors (Lipinski definition) is 1. The van der Waals surface area contributed by atoms with E-state index in [1.807, 2.05) is 42.5 Å². The van der Waals surface area contributed by atoms with Crippen LogP contribution in [0.5, 0.6) is 0 Å². The van der Waals surface area contributed by atoms with Gasteiger partial charge < -0.3 is 5.32 Å². The number of amides is 1. The van der Waals surface area contributed by atoms with Gasteiger partial charge in [0.05, 0.1) is 23.9 Å². The van der Waals surface area contributed by atoms with Crippen LogP contribution >= 0.6 is 23.2 Å². The van der Waals surface area contributed by atoms with E-state index in [0.717, 1.165) is 11.1 Å². The first kappa shape index (κ1) is 25.3. The molecule has 190 valence electrons. The molecule has 0 bridgehead atoms. The first-order valence-corrected chi connectivity index (χ1v) is 12.4. The summed E-state index contributed by atoms with van der Waals surface area (Å²) in [6.07, 6.45) is 6.56. The van der Waals surface area contributed by atoms with Crippen molar-refractivity contribution in [3.63, 3.8) is 0 Å². The minimum atomic E-state index is -0.818. The molecular weight excluding hydrogens is 525 g/mol. The summed E-state index contributed by atoms with van der Waals surface area (Å²) in [5.74, 6) is -0.303. The molecule has 3 aromatic heterocycles. The van der Waals surface area contributed by atoms with Gasteiger partial charge in [-0.05, 0) is 41.5 Å². The van der Waals surface area contributed by atoms with Crippen LogP contribution in [0.25, 0.3) is 16.9 Å². The van der Waals surface area contributed by atoms with Gasteiger partial charge in [-0.1, -0.05) is 58.7 Å². The van der Waals surface area contributed by atoms with E-state index in [0.29, 0.717) is 34.9 Å². The van der Waals surface area contributed by atoms with Gasteiger partial charge in [0.2, 0.25) is 5.91 Å². The predicted molar refractivity (Wildman–Crippen MR) is 144 cm³/mol. The lowest BCUT2D eigenvalue weighted by Crippen LogP contribution is -2.38. The van der Waals surface area contributed by atoms with Crippen molar-refractivity contribution in [2.75, 3.05) is 0 Å². The zero-order chi connectivity index (χ0) is 26.5. The molecule has 0 radical (unpaired) electrons. The highest BCUT2D eigenvalue weighted by molar-refractivity contribution is 6.31. The molecule has 3 heterocycles. The van der Waals surface area contributed by atoms with Crippen molar-refractivity contribution < 1.29 is 4.79 Å². The Hall–Kier alpha value is -4.34. The monoisotopic (exact) mass is 545 g/mol. The van der Waals surface area contributed by atoms with Crippen LogP contribution in [0.4, 0.5) is 0 Å². The first-order chi connectivity index (χ1) is 18.5. The van der Waals surface area contributed by atoms with E-state index < -0.39 is 11.6 Å². The van der Waals surface area contributed by atoms with Crippen LogP contribution in [0.1, 0.15) is 17.2 Å². The number of nitrogens with zero attached hydrogens (tertiary/aromatic N) is 6. The Kier molecular flexibility index (Phi) is 7.57. The van der Waals surface area contributed by atoms with Gasteiger partial charge in [0.15, 0.2) is 5.15 Å². The molecule has 5 rings (SSSR count). The van der Waals surface area contributed by atoms with E-state index in [2.05, 4.69) is 25.6 Å². The Morgan fingerprint density at radius 3 is 2.47 bits per heavy atom. The Morgan fingerprint density at radius 1 is 0.974 bits per heavy atom. The Bertz CT molecular complexity index is 1620. The lowest BCUT2D eigenvalue weighted by molar-refractivity contribution is -0.124. The molecule has 11 heteroatoms. The molecule has 0 saturated heterocycles. The summed E-state index contributed by atoms with van der Waals surface area (Å²) in [6.45, 7) is 0.305. The summed E-state index contributed by atoms with van der Waals surface area (Å²) in [6, 6.07) is 18.8. The smallest absolute Gasteiger partial charge is 0.254 e. The van der Waals surface area contributed by atoms with E-state index in [4.69, 9.17) is 23.2 Å². The zero-order valence-corrected chi connectivity index (χ0v) is 21.4. The second-order valence-electron chi connectivity index (χ2n) is 8.45. The molecule has 0 aliphatic heterocycles. The highest BCUT2D eigenvalue weighted by atomic mass is 35.5. The van der Waals surface area contributed by atoms with Gasteiger partial charge in [0.1, 0.15) is 6.04 Å². The highest BCUT2D eigenvalue weighted by Gasteiger charge is 2.23. The maximum absolute atomic E-state index is 13.4.